The maximum Gasteiger partial charge on any atom is 0.0575 e. The van der Waals surface area contributed by atoms with Crippen LogP contribution in [0.2, 0.25) is 0 Å². The van der Waals surface area contributed by atoms with Gasteiger partial charge in [-0.15, -0.1) is 6.58 Å². The van der Waals surface area contributed by atoms with E-state index in [-0.39, 0.29) is 5.92 Å². The lowest BCUT2D eigenvalue weighted by atomic mass is 9.77. The summed E-state index contributed by atoms with van der Waals surface area (Å²) < 4.78 is 5.71. The zero-order valence-electron chi connectivity index (χ0n) is 13.0. The number of rotatable bonds is 9. The zero-order chi connectivity index (χ0) is 15.0. The average molecular weight is 280 g/mol. The summed E-state index contributed by atoms with van der Waals surface area (Å²) in [4.78, 5) is 0. The quantitative estimate of drug-likeness (QED) is 0.638. The van der Waals surface area contributed by atoms with Crippen LogP contribution in [0, 0.1) is 17.8 Å². The molecule has 0 saturated heterocycles. The van der Waals surface area contributed by atoms with Gasteiger partial charge in [-0.2, -0.15) is 0 Å². The highest BCUT2D eigenvalue weighted by Crippen LogP contribution is 2.33. The van der Waals surface area contributed by atoms with Gasteiger partial charge in [-0.05, 0) is 57.4 Å². The van der Waals surface area contributed by atoms with Crippen LogP contribution in [0.4, 0.5) is 0 Å². The van der Waals surface area contributed by atoms with E-state index in [9.17, 15) is 0 Å². The molecule has 1 fully saturated rings. The van der Waals surface area contributed by atoms with Gasteiger partial charge < -0.3 is 16.2 Å². The van der Waals surface area contributed by atoms with E-state index in [1.54, 1.807) is 0 Å². The van der Waals surface area contributed by atoms with E-state index in [0.717, 1.165) is 24.5 Å². The molecule has 116 valence electrons. The van der Waals surface area contributed by atoms with E-state index in [4.69, 9.17) is 16.2 Å². The molecule has 0 radical (unpaired) electrons. The van der Waals surface area contributed by atoms with Crippen molar-refractivity contribution in [2.45, 2.75) is 45.1 Å². The van der Waals surface area contributed by atoms with Crippen LogP contribution >= 0.6 is 0 Å². The fourth-order valence-electron chi connectivity index (χ4n) is 3.27. The largest absolute Gasteiger partial charge is 0.379 e. The molecule has 0 amide bonds. The molecule has 1 aliphatic carbocycles. The fourth-order valence-corrected chi connectivity index (χ4v) is 3.27. The second kappa shape index (κ2) is 9.32. The van der Waals surface area contributed by atoms with Crippen LogP contribution in [0.1, 0.15) is 39.0 Å². The number of ether oxygens (including phenoxy) is 1. The number of hydrogen-bond acceptors (Lipinski definition) is 3. The van der Waals surface area contributed by atoms with E-state index in [2.05, 4.69) is 20.1 Å². The highest BCUT2D eigenvalue weighted by Gasteiger charge is 2.25. The Labute approximate surface area is 124 Å². The molecule has 0 spiro atoms. The summed E-state index contributed by atoms with van der Waals surface area (Å²) >= 11 is 0. The molecule has 0 aromatic carbocycles. The van der Waals surface area contributed by atoms with E-state index < -0.39 is 0 Å². The van der Waals surface area contributed by atoms with Crippen molar-refractivity contribution in [2.24, 2.45) is 29.2 Å². The topological polar surface area (TPSA) is 61.3 Å². The molecular weight excluding hydrogens is 248 g/mol. The smallest absolute Gasteiger partial charge is 0.0575 e. The van der Waals surface area contributed by atoms with Gasteiger partial charge in [0.1, 0.15) is 0 Å². The first-order valence-electron chi connectivity index (χ1n) is 7.99. The summed E-state index contributed by atoms with van der Waals surface area (Å²) in [7, 11) is 0. The molecule has 1 saturated carbocycles. The Morgan fingerprint density at radius 1 is 1.25 bits per heavy atom. The van der Waals surface area contributed by atoms with E-state index >= 15 is 0 Å². The number of nitrogens with two attached hydrogens (primary N) is 2. The molecule has 2 unspecified atom stereocenters. The van der Waals surface area contributed by atoms with E-state index in [0.29, 0.717) is 25.1 Å². The van der Waals surface area contributed by atoms with E-state index in [1.807, 2.05) is 6.08 Å². The van der Waals surface area contributed by atoms with Crippen LogP contribution in [0.3, 0.4) is 0 Å². The molecule has 3 nitrogen and oxygen atoms in total. The Morgan fingerprint density at radius 3 is 2.35 bits per heavy atom. The third-order valence-corrected chi connectivity index (χ3v) is 4.64. The lowest BCUT2D eigenvalue weighted by Crippen LogP contribution is -2.28. The molecule has 1 aliphatic rings. The van der Waals surface area contributed by atoms with Gasteiger partial charge >= 0.3 is 0 Å². The van der Waals surface area contributed by atoms with Crippen LogP contribution < -0.4 is 11.5 Å². The van der Waals surface area contributed by atoms with Crippen molar-refractivity contribution in [1.29, 1.82) is 0 Å². The molecule has 0 heterocycles. The lowest BCUT2D eigenvalue weighted by molar-refractivity contribution is 0.0235. The summed E-state index contributed by atoms with van der Waals surface area (Å²) in [6.45, 7) is 12.2. The van der Waals surface area contributed by atoms with Crippen molar-refractivity contribution in [1.82, 2.24) is 0 Å². The first-order valence-corrected chi connectivity index (χ1v) is 7.99. The Bertz CT molecular complexity index is 295. The first-order chi connectivity index (χ1) is 9.65. The van der Waals surface area contributed by atoms with Crippen molar-refractivity contribution < 1.29 is 4.74 Å². The van der Waals surface area contributed by atoms with Crippen LogP contribution in [0.25, 0.3) is 0 Å². The van der Waals surface area contributed by atoms with Crippen molar-refractivity contribution >= 4 is 0 Å². The highest BCUT2D eigenvalue weighted by molar-refractivity contribution is 5.13. The van der Waals surface area contributed by atoms with Crippen molar-refractivity contribution in [2.75, 3.05) is 19.7 Å². The minimum atomic E-state index is 0.198. The molecule has 4 N–H and O–H groups in total. The Hall–Kier alpha value is -0.640. The predicted molar refractivity (Wildman–Crippen MR) is 86.4 cm³/mol. The summed E-state index contributed by atoms with van der Waals surface area (Å²) in [5, 5.41) is 0. The maximum atomic E-state index is 5.95. The van der Waals surface area contributed by atoms with Crippen LogP contribution in [-0.4, -0.2) is 25.8 Å². The fraction of sp³-hybridized carbons (Fsp3) is 0.765. The molecule has 20 heavy (non-hydrogen) atoms. The monoisotopic (exact) mass is 280 g/mol. The standard InChI is InChI=1S/C17H32N2O/c1-4-15(11-18)13(3)16(12-19)10-14-6-8-17(9-7-14)20-5-2/h4,14-17H,1,3,5-12,18-19H2,2H3. The molecule has 2 atom stereocenters. The number of hydrogen-bond donors (Lipinski definition) is 2. The molecule has 0 bridgehead atoms. The van der Waals surface area contributed by atoms with Gasteiger partial charge in [0, 0.05) is 19.1 Å². The average Bonchev–Trinajstić information content (AvgIpc) is 2.48. The van der Waals surface area contributed by atoms with Crippen molar-refractivity contribution in [3.8, 4) is 0 Å². The van der Waals surface area contributed by atoms with Gasteiger partial charge in [-0.1, -0.05) is 18.2 Å². The summed E-state index contributed by atoms with van der Waals surface area (Å²) in [6, 6.07) is 0. The van der Waals surface area contributed by atoms with Gasteiger partial charge in [0.05, 0.1) is 6.10 Å². The summed E-state index contributed by atoms with van der Waals surface area (Å²) in [5.41, 5.74) is 12.9. The molecule has 0 aromatic heterocycles. The normalized spacial score (nSPS) is 25.9. The maximum absolute atomic E-state index is 5.95. The first kappa shape index (κ1) is 17.4. The van der Waals surface area contributed by atoms with Crippen LogP contribution in [0.5, 0.6) is 0 Å². The molecule has 3 heteroatoms. The van der Waals surface area contributed by atoms with Gasteiger partial charge in [0.2, 0.25) is 0 Å². The molecule has 1 rings (SSSR count). The Balaban J connectivity index is 2.45. The van der Waals surface area contributed by atoms with Crippen molar-refractivity contribution in [3.05, 3.63) is 24.8 Å². The molecular formula is C17H32N2O. The Kier molecular flexibility index (Phi) is 8.12. The molecule has 0 aromatic rings. The SMILES string of the molecule is C=CC(CN)C(=C)C(CN)CC1CCC(OCC)CC1. The van der Waals surface area contributed by atoms with E-state index in [1.165, 1.54) is 25.7 Å². The van der Waals surface area contributed by atoms with Gasteiger partial charge in [0.25, 0.3) is 0 Å². The third kappa shape index (κ3) is 5.04. The van der Waals surface area contributed by atoms with Crippen molar-refractivity contribution in [3.63, 3.8) is 0 Å². The van der Waals surface area contributed by atoms with Crippen LogP contribution in [0.15, 0.2) is 24.8 Å². The minimum Gasteiger partial charge on any atom is -0.379 e. The second-order valence-electron chi connectivity index (χ2n) is 5.92. The zero-order valence-corrected chi connectivity index (χ0v) is 13.0. The van der Waals surface area contributed by atoms with Gasteiger partial charge in [-0.25, -0.2) is 0 Å². The molecule has 0 aliphatic heterocycles. The van der Waals surface area contributed by atoms with Gasteiger partial charge in [0.15, 0.2) is 0 Å². The minimum absolute atomic E-state index is 0.198. The second-order valence-corrected chi connectivity index (χ2v) is 5.92. The summed E-state index contributed by atoms with van der Waals surface area (Å²) in [6.07, 6.45) is 8.37. The third-order valence-electron chi connectivity index (χ3n) is 4.64. The predicted octanol–water partition coefficient (Wildman–Crippen LogP) is 2.86. The lowest BCUT2D eigenvalue weighted by Gasteiger charge is -2.32. The van der Waals surface area contributed by atoms with Gasteiger partial charge in [-0.3, -0.25) is 0 Å². The highest BCUT2D eigenvalue weighted by atomic mass is 16.5. The Morgan fingerprint density at radius 2 is 1.90 bits per heavy atom. The summed E-state index contributed by atoms with van der Waals surface area (Å²) in [5.74, 6) is 1.32. The van der Waals surface area contributed by atoms with Crippen LogP contribution in [-0.2, 0) is 4.74 Å².